The van der Waals surface area contributed by atoms with Crippen molar-refractivity contribution in [2.24, 2.45) is 0 Å². The molecular formula is C20H16ClN5O2. The number of imidazole rings is 1. The van der Waals surface area contributed by atoms with Crippen LogP contribution in [-0.4, -0.2) is 36.3 Å². The van der Waals surface area contributed by atoms with Crippen molar-refractivity contribution >= 4 is 34.2 Å². The van der Waals surface area contributed by atoms with Crippen LogP contribution in [-0.2, 0) is 24.3 Å². The molecule has 1 amide bonds. The van der Waals surface area contributed by atoms with Crippen LogP contribution in [0, 0.1) is 0 Å². The van der Waals surface area contributed by atoms with Gasteiger partial charge in [-0.05, 0) is 24.3 Å². The van der Waals surface area contributed by atoms with Gasteiger partial charge in [0.2, 0.25) is 5.91 Å². The van der Waals surface area contributed by atoms with Crippen molar-refractivity contribution in [3.8, 4) is 0 Å². The van der Waals surface area contributed by atoms with Gasteiger partial charge in [0.25, 0.3) is 5.56 Å². The van der Waals surface area contributed by atoms with Crippen molar-refractivity contribution in [1.82, 2.24) is 23.8 Å². The van der Waals surface area contributed by atoms with Crippen molar-refractivity contribution in [2.75, 3.05) is 6.54 Å². The predicted octanol–water partition coefficient (Wildman–Crippen LogP) is 2.28. The summed E-state index contributed by atoms with van der Waals surface area (Å²) in [6.07, 6.45) is 3.79. The molecule has 0 aliphatic carbocycles. The highest BCUT2D eigenvalue weighted by molar-refractivity contribution is 6.30. The molecule has 0 unspecified atom stereocenters. The quantitative estimate of drug-likeness (QED) is 0.523. The van der Waals surface area contributed by atoms with Crippen LogP contribution in [0.1, 0.15) is 11.3 Å². The van der Waals surface area contributed by atoms with Crippen LogP contribution in [0.25, 0.3) is 16.7 Å². The van der Waals surface area contributed by atoms with Gasteiger partial charge < -0.3 is 9.47 Å². The fourth-order valence-electron chi connectivity index (χ4n) is 3.67. The average molecular weight is 394 g/mol. The van der Waals surface area contributed by atoms with Crippen molar-refractivity contribution < 1.29 is 4.79 Å². The number of para-hydroxylation sites is 2. The predicted molar refractivity (Wildman–Crippen MR) is 105 cm³/mol. The summed E-state index contributed by atoms with van der Waals surface area (Å²) in [4.78, 5) is 36.4. The van der Waals surface area contributed by atoms with E-state index < -0.39 is 0 Å². The van der Waals surface area contributed by atoms with Crippen LogP contribution in [0.15, 0.2) is 53.7 Å². The average Bonchev–Trinajstić information content (AvgIpc) is 3.11. The SMILES string of the molecule is O=C(Cn1cnc2ccccc21)N1CCc2nc3ccc(Cl)cn3c(=O)c2C1. The van der Waals surface area contributed by atoms with E-state index in [4.69, 9.17) is 11.6 Å². The lowest BCUT2D eigenvalue weighted by Crippen LogP contribution is -2.41. The summed E-state index contributed by atoms with van der Waals surface area (Å²) in [7, 11) is 0. The lowest BCUT2D eigenvalue weighted by molar-refractivity contribution is -0.132. The molecule has 4 heterocycles. The summed E-state index contributed by atoms with van der Waals surface area (Å²) < 4.78 is 3.27. The first-order chi connectivity index (χ1) is 13.6. The van der Waals surface area contributed by atoms with Gasteiger partial charge in [-0.25, -0.2) is 9.97 Å². The van der Waals surface area contributed by atoms with Gasteiger partial charge >= 0.3 is 0 Å². The van der Waals surface area contributed by atoms with E-state index in [-0.39, 0.29) is 24.6 Å². The van der Waals surface area contributed by atoms with Gasteiger partial charge in [0.1, 0.15) is 12.2 Å². The molecule has 1 aromatic carbocycles. The van der Waals surface area contributed by atoms with Gasteiger partial charge in [-0.1, -0.05) is 23.7 Å². The highest BCUT2D eigenvalue weighted by Gasteiger charge is 2.25. The van der Waals surface area contributed by atoms with E-state index in [9.17, 15) is 9.59 Å². The number of halogens is 1. The first kappa shape index (κ1) is 16.9. The number of carbonyl (C=O) groups is 1. The van der Waals surface area contributed by atoms with Crippen LogP contribution < -0.4 is 5.56 Å². The fourth-order valence-corrected chi connectivity index (χ4v) is 3.83. The molecule has 0 saturated heterocycles. The van der Waals surface area contributed by atoms with E-state index in [0.29, 0.717) is 29.2 Å². The molecule has 0 saturated carbocycles. The van der Waals surface area contributed by atoms with E-state index in [0.717, 1.165) is 16.7 Å². The molecule has 0 bridgehead atoms. The number of pyridine rings is 1. The second-order valence-electron chi connectivity index (χ2n) is 6.84. The Morgan fingerprint density at radius 3 is 2.93 bits per heavy atom. The molecule has 0 radical (unpaired) electrons. The van der Waals surface area contributed by atoms with E-state index >= 15 is 0 Å². The Morgan fingerprint density at radius 2 is 2.04 bits per heavy atom. The molecule has 4 aromatic rings. The minimum absolute atomic E-state index is 0.0515. The molecule has 3 aromatic heterocycles. The summed E-state index contributed by atoms with van der Waals surface area (Å²) in [5, 5.41) is 0.465. The van der Waals surface area contributed by atoms with Crippen LogP contribution in [0.3, 0.4) is 0 Å². The van der Waals surface area contributed by atoms with Gasteiger partial charge in [0.05, 0.1) is 40.2 Å². The number of nitrogens with zero attached hydrogens (tertiary/aromatic N) is 5. The molecular weight excluding hydrogens is 378 g/mol. The topological polar surface area (TPSA) is 72.5 Å². The third-order valence-electron chi connectivity index (χ3n) is 5.12. The Labute approximate surface area is 164 Å². The van der Waals surface area contributed by atoms with Crippen molar-refractivity contribution in [2.45, 2.75) is 19.5 Å². The maximum absolute atomic E-state index is 12.9. The van der Waals surface area contributed by atoms with E-state index in [1.54, 1.807) is 29.6 Å². The summed E-state index contributed by atoms with van der Waals surface area (Å²) in [6, 6.07) is 11.1. The van der Waals surface area contributed by atoms with Gasteiger partial charge in [-0.3, -0.25) is 14.0 Å². The number of fused-ring (bicyclic) bond motifs is 3. The maximum atomic E-state index is 12.9. The largest absolute Gasteiger partial charge is 0.336 e. The van der Waals surface area contributed by atoms with E-state index in [1.165, 1.54) is 4.40 Å². The minimum atomic E-state index is -0.173. The molecule has 0 N–H and O–H groups in total. The van der Waals surface area contributed by atoms with Crippen molar-refractivity contribution in [3.63, 3.8) is 0 Å². The van der Waals surface area contributed by atoms with Crippen molar-refractivity contribution in [1.29, 1.82) is 0 Å². The monoisotopic (exact) mass is 393 g/mol. The minimum Gasteiger partial charge on any atom is -0.336 e. The smallest absolute Gasteiger partial charge is 0.263 e. The summed E-state index contributed by atoms with van der Waals surface area (Å²) in [5.41, 5.74) is 3.46. The molecule has 1 aliphatic heterocycles. The number of amides is 1. The van der Waals surface area contributed by atoms with Crippen LogP contribution in [0.4, 0.5) is 0 Å². The van der Waals surface area contributed by atoms with Crippen LogP contribution in [0.5, 0.6) is 0 Å². The number of benzene rings is 1. The summed E-state index contributed by atoms with van der Waals surface area (Å²) in [6.45, 7) is 0.973. The molecule has 0 spiro atoms. The van der Waals surface area contributed by atoms with Crippen LogP contribution in [0.2, 0.25) is 5.02 Å². The molecule has 0 atom stereocenters. The molecule has 140 valence electrons. The Morgan fingerprint density at radius 1 is 1.18 bits per heavy atom. The van der Waals surface area contributed by atoms with Gasteiger partial charge in [-0.15, -0.1) is 0 Å². The Kier molecular flexibility index (Phi) is 3.91. The lowest BCUT2D eigenvalue weighted by Gasteiger charge is -2.28. The Hall–Kier alpha value is -3.19. The molecule has 8 heteroatoms. The lowest BCUT2D eigenvalue weighted by atomic mass is 10.1. The van der Waals surface area contributed by atoms with Crippen LogP contribution >= 0.6 is 11.6 Å². The van der Waals surface area contributed by atoms with Gasteiger partial charge in [-0.2, -0.15) is 0 Å². The number of carbonyl (C=O) groups excluding carboxylic acids is 1. The molecule has 7 nitrogen and oxygen atoms in total. The second-order valence-corrected chi connectivity index (χ2v) is 7.28. The Balaban J connectivity index is 1.45. The van der Waals surface area contributed by atoms with E-state index in [1.807, 2.05) is 28.8 Å². The summed E-state index contributed by atoms with van der Waals surface area (Å²) in [5.74, 6) is -0.0515. The third kappa shape index (κ3) is 2.75. The van der Waals surface area contributed by atoms with Gasteiger partial charge in [0, 0.05) is 19.2 Å². The molecule has 0 fully saturated rings. The number of aromatic nitrogens is 4. The zero-order chi connectivity index (χ0) is 19.3. The fraction of sp³-hybridized carbons (Fsp3) is 0.200. The first-order valence-electron chi connectivity index (χ1n) is 8.97. The number of rotatable bonds is 2. The second kappa shape index (κ2) is 6.45. The third-order valence-corrected chi connectivity index (χ3v) is 5.34. The molecule has 1 aliphatic rings. The van der Waals surface area contributed by atoms with Gasteiger partial charge in [0.15, 0.2) is 0 Å². The zero-order valence-corrected chi connectivity index (χ0v) is 15.6. The standard InChI is InChI=1S/C20H16ClN5O2/c21-13-5-6-18-23-15-7-8-24(10-14(15)20(28)26(18)9-13)19(27)11-25-12-22-16-3-1-2-4-17(16)25/h1-6,9,12H,7-8,10-11H2. The highest BCUT2D eigenvalue weighted by Crippen LogP contribution is 2.18. The first-order valence-corrected chi connectivity index (χ1v) is 9.35. The Bertz CT molecular complexity index is 1290. The van der Waals surface area contributed by atoms with Crippen molar-refractivity contribution in [3.05, 3.63) is 75.6 Å². The van der Waals surface area contributed by atoms with E-state index in [2.05, 4.69) is 9.97 Å². The summed E-state index contributed by atoms with van der Waals surface area (Å²) >= 11 is 6.02. The highest BCUT2D eigenvalue weighted by atomic mass is 35.5. The normalized spacial score (nSPS) is 13.8. The molecule has 28 heavy (non-hydrogen) atoms. The number of hydrogen-bond donors (Lipinski definition) is 0. The zero-order valence-electron chi connectivity index (χ0n) is 14.9. The maximum Gasteiger partial charge on any atom is 0.263 e. The number of hydrogen-bond acceptors (Lipinski definition) is 4. The molecule has 5 rings (SSSR count).